The summed E-state index contributed by atoms with van der Waals surface area (Å²) in [5.74, 6) is 0.720. The quantitative estimate of drug-likeness (QED) is 0.799. The summed E-state index contributed by atoms with van der Waals surface area (Å²) < 4.78 is 1.30. The summed E-state index contributed by atoms with van der Waals surface area (Å²) in [5, 5.41) is 0. The van der Waals surface area contributed by atoms with Crippen molar-refractivity contribution >= 4 is 22.6 Å². The minimum absolute atomic E-state index is 0.334. The Balaban J connectivity index is 1.89. The second-order valence-corrected chi connectivity index (χ2v) is 7.74. The lowest BCUT2D eigenvalue weighted by Gasteiger charge is -2.36. The number of nitrogens with two attached hydrogens (primary N) is 1. The summed E-state index contributed by atoms with van der Waals surface area (Å²) >= 11 is 2.35. The fraction of sp³-hybridized carbons (Fsp3) is 0.625. The molecule has 2 rings (SSSR count). The molecule has 0 saturated heterocycles. The Hall–Kier alpha value is -0.0900. The number of hydrogen-bond acceptors (Lipinski definition) is 1. The average Bonchev–Trinajstić information content (AvgIpc) is 2.32. The molecule has 1 atom stereocenters. The molecular formula is C16H24IN. The van der Waals surface area contributed by atoms with Gasteiger partial charge in [0.1, 0.15) is 0 Å². The molecule has 1 nitrogen and oxygen atoms in total. The summed E-state index contributed by atoms with van der Waals surface area (Å²) in [5.41, 5.74) is 8.33. The molecule has 1 aliphatic rings. The van der Waals surface area contributed by atoms with Crippen LogP contribution in [0.5, 0.6) is 0 Å². The van der Waals surface area contributed by atoms with E-state index in [0.29, 0.717) is 11.5 Å². The topological polar surface area (TPSA) is 26.0 Å². The number of halogens is 1. The summed E-state index contributed by atoms with van der Waals surface area (Å²) in [6.07, 6.45) is 6.30. The van der Waals surface area contributed by atoms with E-state index in [9.17, 15) is 0 Å². The summed E-state index contributed by atoms with van der Waals surface area (Å²) in [6, 6.07) is 9.11. The van der Waals surface area contributed by atoms with Crippen molar-refractivity contribution < 1.29 is 0 Å². The molecule has 1 saturated carbocycles. The predicted octanol–water partition coefficient (Wildman–Crippen LogP) is 4.38. The third kappa shape index (κ3) is 3.95. The highest BCUT2D eigenvalue weighted by Crippen LogP contribution is 2.39. The van der Waals surface area contributed by atoms with Gasteiger partial charge < -0.3 is 5.73 Å². The maximum absolute atomic E-state index is 6.41. The van der Waals surface area contributed by atoms with E-state index in [1.807, 2.05) is 0 Å². The van der Waals surface area contributed by atoms with E-state index in [4.69, 9.17) is 5.73 Å². The van der Waals surface area contributed by atoms with Crippen molar-refractivity contribution in [2.45, 2.75) is 52.0 Å². The van der Waals surface area contributed by atoms with Gasteiger partial charge in [0.05, 0.1) is 0 Å². The first-order valence-corrected chi connectivity index (χ1v) is 8.04. The van der Waals surface area contributed by atoms with Crippen LogP contribution < -0.4 is 5.73 Å². The van der Waals surface area contributed by atoms with Crippen LogP contribution in [0.1, 0.15) is 45.1 Å². The first-order chi connectivity index (χ1) is 8.46. The molecule has 0 bridgehead atoms. The second-order valence-electron chi connectivity index (χ2n) is 6.50. The van der Waals surface area contributed by atoms with E-state index in [1.165, 1.54) is 34.8 Å². The SMILES string of the molecule is CC1(C)CCC(C(N)Cc2ccc(I)cc2)CC1. The smallest absolute Gasteiger partial charge is 0.0130 e. The monoisotopic (exact) mass is 357 g/mol. The van der Waals surface area contributed by atoms with Gasteiger partial charge in [-0.2, -0.15) is 0 Å². The number of benzene rings is 1. The Labute approximate surface area is 125 Å². The maximum atomic E-state index is 6.41. The third-order valence-electron chi connectivity index (χ3n) is 4.37. The molecule has 1 aromatic rings. The van der Waals surface area contributed by atoms with E-state index < -0.39 is 0 Å². The van der Waals surface area contributed by atoms with Crippen LogP contribution >= 0.6 is 22.6 Å². The minimum Gasteiger partial charge on any atom is -0.327 e. The van der Waals surface area contributed by atoms with Crippen LogP contribution in [0.25, 0.3) is 0 Å². The fourth-order valence-electron chi connectivity index (χ4n) is 2.91. The van der Waals surface area contributed by atoms with E-state index >= 15 is 0 Å². The maximum Gasteiger partial charge on any atom is 0.0130 e. The van der Waals surface area contributed by atoms with Gasteiger partial charge in [0.2, 0.25) is 0 Å². The Morgan fingerprint density at radius 2 is 1.78 bits per heavy atom. The summed E-state index contributed by atoms with van der Waals surface area (Å²) in [4.78, 5) is 0. The Kier molecular flexibility index (Phi) is 4.70. The third-order valence-corrected chi connectivity index (χ3v) is 5.09. The van der Waals surface area contributed by atoms with Crippen LogP contribution in [0.3, 0.4) is 0 Å². The first-order valence-electron chi connectivity index (χ1n) is 6.96. The highest BCUT2D eigenvalue weighted by atomic mass is 127. The molecule has 2 heteroatoms. The minimum atomic E-state index is 0.334. The predicted molar refractivity (Wildman–Crippen MR) is 86.6 cm³/mol. The molecule has 100 valence electrons. The zero-order valence-electron chi connectivity index (χ0n) is 11.5. The molecule has 0 amide bonds. The molecule has 0 heterocycles. The molecule has 1 aromatic carbocycles. The lowest BCUT2D eigenvalue weighted by atomic mass is 9.70. The van der Waals surface area contributed by atoms with Gasteiger partial charge in [-0.05, 0) is 83.7 Å². The average molecular weight is 357 g/mol. The van der Waals surface area contributed by atoms with Crippen LogP contribution in [0.2, 0.25) is 0 Å². The van der Waals surface area contributed by atoms with Crippen molar-refractivity contribution in [1.29, 1.82) is 0 Å². The van der Waals surface area contributed by atoms with Gasteiger partial charge in [-0.1, -0.05) is 26.0 Å². The molecule has 2 N–H and O–H groups in total. The summed E-state index contributed by atoms with van der Waals surface area (Å²) in [7, 11) is 0. The molecule has 0 aromatic heterocycles. The largest absolute Gasteiger partial charge is 0.327 e. The first kappa shape index (κ1) is 14.3. The zero-order valence-corrected chi connectivity index (χ0v) is 13.6. The van der Waals surface area contributed by atoms with Crippen LogP contribution in [-0.2, 0) is 6.42 Å². The molecule has 0 aliphatic heterocycles. The van der Waals surface area contributed by atoms with Crippen molar-refractivity contribution in [2.24, 2.45) is 17.1 Å². The Morgan fingerprint density at radius 1 is 1.22 bits per heavy atom. The highest BCUT2D eigenvalue weighted by Gasteiger charge is 2.29. The molecule has 0 radical (unpaired) electrons. The van der Waals surface area contributed by atoms with Gasteiger partial charge in [-0.15, -0.1) is 0 Å². The lowest BCUT2D eigenvalue weighted by molar-refractivity contribution is 0.173. The molecule has 0 spiro atoms. The van der Waals surface area contributed by atoms with Gasteiger partial charge in [-0.25, -0.2) is 0 Å². The lowest BCUT2D eigenvalue weighted by Crippen LogP contribution is -2.36. The van der Waals surface area contributed by atoms with E-state index in [-0.39, 0.29) is 0 Å². The second kappa shape index (κ2) is 5.91. The Bertz CT molecular complexity index is 373. The van der Waals surface area contributed by atoms with Crippen molar-refractivity contribution in [1.82, 2.24) is 0 Å². The summed E-state index contributed by atoms with van der Waals surface area (Å²) in [6.45, 7) is 4.77. The van der Waals surface area contributed by atoms with Gasteiger partial charge >= 0.3 is 0 Å². The van der Waals surface area contributed by atoms with Crippen LogP contribution in [0.15, 0.2) is 24.3 Å². The van der Waals surface area contributed by atoms with Crippen LogP contribution in [0.4, 0.5) is 0 Å². The van der Waals surface area contributed by atoms with Gasteiger partial charge in [0.15, 0.2) is 0 Å². The van der Waals surface area contributed by atoms with Crippen molar-refractivity contribution in [3.63, 3.8) is 0 Å². The van der Waals surface area contributed by atoms with Crippen molar-refractivity contribution in [2.75, 3.05) is 0 Å². The van der Waals surface area contributed by atoms with Gasteiger partial charge in [0.25, 0.3) is 0 Å². The Morgan fingerprint density at radius 3 is 2.33 bits per heavy atom. The van der Waals surface area contributed by atoms with E-state index in [2.05, 4.69) is 60.7 Å². The van der Waals surface area contributed by atoms with Crippen LogP contribution in [0, 0.1) is 14.9 Å². The van der Waals surface area contributed by atoms with Crippen molar-refractivity contribution in [3.8, 4) is 0 Å². The van der Waals surface area contributed by atoms with E-state index in [1.54, 1.807) is 0 Å². The zero-order chi connectivity index (χ0) is 13.2. The molecular weight excluding hydrogens is 333 g/mol. The van der Waals surface area contributed by atoms with Gasteiger partial charge in [0, 0.05) is 9.61 Å². The van der Waals surface area contributed by atoms with Gasteiger partial charge in [-0.3, -0.25) is 0 Å². The normalized spacial score (nSPS) is 21.8. The van der Waals surface area contributed by atoms with Crippen LogP contribution in [-0.4, -0.2) is 6.04 Å². The standard InChI is InChI=1S/C16H24IN/c1-16(2)9-7-13(8-10-16)15(18)11-12-3-5-14(17)6-4-12/h3-6,13,15H,7-11,18H2,1-2H3. The molecule has 18 heavy (non-hydrogen) atoms. The number of rotatable bonds is 3. The van der Waals surface area contributed by atoms with E-state index in [0.717, 1.165) is 12.3 Å². The van der Waals surface area contributed by atoms with Crippen molar-refractivity contribution in [3.05, 3.63) is 33.4 Å². The fourth-order valence-corrected chi connectivity index (χ4v) is 3.27. The molecule has 1 unspecified atom stereocenters. The molecule has 1 fully saturated rings. The number of hydrogen-bond donors (Lipinski definition) is 1. The highest BCUT2D eigenvalue weighted by molar-refractivity contribution is 14.1. The molecule has 1 aliphatic carbocycles.